The van der Waals surface area contributed by atoms with Crippen LogP contribution in [0, 0.1) is 0 Å². The van der Waals surface area contributed by atoms with Crippen molar-refractivity contribution in [2.75, 3.05) is 7.11 Å². The maximum absolute atomic E-state index is 11.6. The third-order valence-corrected chi connectivity index (χ3v) is 3.82. The lowest BCUT2D eigenvalue weighted by Crippen LogP contribution is -2.14. The van der Waals surface area contributed by atoms with Crippen LogP contribution in [0.25, 0.3) is 0 Å². The molecule has 0 saturated carbocycles. The Bertz CT molecular complexity index is 656. The van der Waals surface area contributed by atoms with E-state index in [1.54, 1.807) is 49.6 Å². The van der Waals surface area contributed by atoms with Gasteiger partial charge in [0.2, 0.25) is 0 Å². The number of carboxylic acids is 1. The highest BCUT2D eigenvalue weighted by Gasteiger charge is 2.22. The Morgan fingerprint density at radius 3 is 2.62 bits per heavy atom. The van der Waals surface area contributed by atoms with Crippen LogP contribution in [-0.2, 0) is 11.2 Å². The standard InChI is InChI=1S/C16H14Cl2O3/c1-21-13-4-2-3-10(7-13)14(16(19)20)8-11-5-6-12(17)9-15(11)18/h2-7,9,14H,8H2,1H3,(H,19,20). The summed E-state index contributed by atoms with van der Waals surface area (Å²) < 4.78 is 5.14. The molecule has 0 saturated heterocycles. The predicted molar refractivity (Wildman–Crippen MR) is 83.5 cm³/mol. The molecule has 21 heavy (non-hydrogen) atoms. The number of hydrogen-bond donors (Lipinski definition) is 1. The Hall–Kier alpha value is -1.71. The molecule has 1 unspecified atom stereocenters. The van der Waals surface area contributed by atoms with E-state index in [1.807, 2.05) is 0 Å². The number of carboxylic acid groups (broad SMARTS) is 1. The topological polar surface area (TPSA) is 46.5 Å². The summed E-state index contributed by atoms with van der Waals surface area (Å²) in [4.78, 5) is 11.6. The van der Waals surface area contributed by atoms with Crippen LogP contribution < -0.4 is 4.74 Å². The van der Waals surface area contributed by atoms with E-state index in [1.165, 1.54) is 0 Å². The van der Waals surface area contributed by atoms with E-state index in [4.69, 9.17) is 27.9 Å². The first kappa shape index (κ1) is 15.7. The summed E-state index contributed by atoms with van der Waals surface area (Å²) in [7, 11) is 1.55. The van der Waals surface area contributed by atoms with Crippen molar-refractivity contribution in [3.8, 4) is 5.75 Å². The highest BCUT2D eigenvalue weighted by Crippen LogP contribution is 2.29. The van der Waals surface area contributed by atoms with Gasteiger partial charge < -0.3 is 9.84 Å². The molecule has 0 heterocycles. The molecule has 0 aromatic heterocycles. The van der Waals surface area contributed by atoms with Crippen molar-refractivity contribution in [1.82, 2.24) is 0 Å². The fourth-order valence-corrected chi connectivity index (χ4v) is 2.60. The Labute approximate surface area is 133 Å². The maximum atomic E-state index is 11.6. The average Bonchev–Trinajstić information content (AvgIpc) is 2.46. The first-order valence-corrected chi connectivity index (χ1v) is 7.07. The van der Waals surface area contributed by atoms with E-state index >= 15 is 0 Å². The Morgan fingerprint density at radius 2 is 2.00 bits per heavy atom. The quantitative estimate of drug-likeness (QED) is 0.885. The minimum absolute atomic E-state index is 0.290. The normalized spacial score (nSPS) is 12.0. The summed E-state index contributed by atoms with van der Waals surface area (Å²) in [5.41, 5.74) is 1.42. The third-order valence-electron chi connectivity index (χ3n) is 3.23. The lowest BCUT2D eigenvalue weighted by atomic mass is 9.92. The molecule has 1 atom stereocenters. The van der Waals surface area contributed by atoms with Gasteiger partial charge in [-0.3, -0.25) is 4.79 Å². The predicted octanol–water partition coefficient (Wildman–Crippen LogP) is 4.41. The summed E-state index contributed by atoms with van der Waals surface area (Å²) in [6.45, 7) is 0. The molecule has 0 amide bonds. The van der Waals surface area contributed by atoms with Crippen LogP contribution in [0.15, 0.2) is 42.5 Å². The zero-order chi connectivity index (χ0) is 15.4. The summed E-state index contributed by atoms with van der Waals surface area (Å²) in [5, 5.41) is 10.5. The number of carbonyl (C=O) groups is 1. The van der Waals surface area contributed by atoms with Crippen molar-refractivity contribution in [2.24, 2.45) is 0 Å². The molecule has 110 valence electrons. The van der Waals surface area contributed by atoms with Crippen molar-refractivity contribution < 1.29 is 14.6 Å². The molecular weight excluding hydrogens is 311 g/mol. The highest BCUT2D eigenvalue weighted by atomic mass is 35.5. The molecule has 0 bridgehead atoms. The Morgan fingerprint density at radius 1 is 1.24 bits per heavy atom. The molecule has 3 nitrogen and oxygen atoms in total. The summed E-state index contributed by atoms with van der Waals surface area (Å²) >= 11 is 12.0. The van der Waals surface area contributed by atoms with Gasteiger partial charge in [-0.15, -0.1) is 0 Å². The van der Waals surface area contributed by atoms with Crippen molar-refractivity contribution in [3.05, 3.63) is 63.6 Å². The van der Waals surface area contributed by atoms with Gasteiger partial charge in [0.25, 0.3) is 0 Å². The van der Waals surface area contributed by atoms with Crippen LogP contribution in [0.2, 0.25) is 10.0 Å². The van der Waals surface area contributed by atoms with Crippen molar-refractivity contribution >= 4 is 29.2 Å². The number of aliphatic carboxylic acids is 1. The number of hydrogen-bond acceptors (Lipinski definition) is 2. The van der Waals surface area contributed by atoms with E-state index in [0.29, 0.717) is 27.8 Å². The van der Waals surface area contributed by atoms with Crippen LogP contribution in [0.5, 0.6) is 5.75 Å². The second kappa shape index (κ2) is 6.83. The van der Waals surface area contributed by atoms with Crippen molar-refractivity contribution in [2.45, 2.75) is 12.3 Å². The van der Waals surface area contributed by atoms with Crippen molar-refractivity contribution in [1.29, 1.82) is 0 Å². The Kier molecular flexibility index (Phi) is 5.10. The van der Waals surface area contributed by atoms with Gasteiger partial charge in [0, 0.05) is 10.0 Å². The zero-order valence-corrected chi connectivity index (χ0v) is 12.9. The molecule has 2 aromatic rings. The molecule has 0 spiro atoms. The van der Waals surface area contributed by atoms with Gasteiger partial charge in [-0.25, -0.2) is 0 Å². The van der Waals surface area contributed by atoms with Gasteiger partial charge >= 0.3 is 5.97 Å². The molecule has 1 N–H and O–H groups in total. The van der Waals surface area contributed by atoms with E-state index in [9.17, 15) is 9.90 Å². The first-order chi connectivity index (χ1) is 10.0. The minimum atomic E-state index is -0.908. The van der Waals surface area contributed by atoms with Gasteiger partial charge in [-0.05, 0) is 41.8 Å². The van der Waals surface area contributed by atoms with Crippen LogP contribution in [0.4, 0.5) is 0 Å². The molecule has 0 fully saturated rings. The lowest BCUT2D eigenvalue weighted by molar-refractivity contribution is -0.138. The van der Waals surface area contributed by atoms with E-state index in [-0.39, 0.29) is 0 Å². The number of rotatable bonds is 5. The van der Waals surface area contributed by atoms with Gasteiger partial charge in [0.05, 0.1) is 13.0 Å². The van der Waals surface area contributed by atoms with Crippen LogP contribution in [-0.4, -0.2) is 18.2 Å². The molecule has 2 aromatic carbocycles. The molecule has 2 rings (SSSR count). The van der Waals surface area contributed by atoms with Crippen molar-refractivity contribution in [3.63, 3.8) is 0 Å². The SMILES string of the molecule is COc1cccc(C(Cc2ccc(Cl)cc2Cl)C(=O)O)c1. The molecule has 0 aliphatic heterocycles. The number of halogens is 2. The average molecular weight is 325 g/mol. The number of ether oxygens (including phenoxy) is 1. The van der Waals surface area contributed by atoms with E-state index < -0.39 is 11.9 Å². The molecule has 5 heteroatoms. The fraction of sp³-hybridized carbons (Fsp3) is 0.188. The Balaban J connectivity index is 2.33. The third kappa shape index (κ3) is 3.90. The van der Waals surface area contributed by atoms with Crippen LogP contribution in [0.3, 0.4) is 0 Å². The largest absolute Gasteiger partial charge is 0.497 e. The zero-order valence-electron chi connectivity index (χ0n) is 11.3. The highest BCUT2D eigenvalue weighted by molar-refractivity contribution is 6.35. The lowest BCUT2D eigenvalue weighted by Gasteiger charge is -2.15. The summed E-state index contributed by atoms with van der Waals surface area (Å²) in [6, 6.07) is 12.1. The monoisotopic (exact) mass is 324 g/mol. The fourth-order valence-electron chi connectivity index (χ4n) is 2.11. The summed E-state index contributed by atoms with van der Waals surface area (Å²) in [6.07, 6.45) is 0.290. The number of benzene rings is 2. The van der Waals surface area contributed by atoms with E-state index in [0.717, 1.165) is 5.56 Å². The molecular formula is C16H14Cl2O3. The minimum Gasteiger partial charge on any atom is -0.497 e. The number of methoxy groups -OCH3 is 1. The maximum Gasteiger partial charge on any atom is 0.311 e. The smallest absolute Gasteiger partial charge is 0.311 e. The molecule has 0 radical (unpaired) electrons. The second-order valence-corrected chi connectivity index (χ2v) is 5.45. The van der Waals surface area contributed by atoms with Crippen LogP contribution >= 0.6 is 23.2 Å². The van der Waals surface area contributed by atoms with Gasteiger partial charge in [0.15, 0.2) is 0 Å². The summed E-state index contributed by atoms with van der Waals surface area (Å²) in [5.74, 6) is -0.978. The van der Waals surface area contributed by atoms with Gasteiger partial charge in [-0.1, -0.05) is 41.4 Å². The van der Waals surface area contributed by atoms with Gasteiger partial charge in [0.1, 0.15) is 5.75 Å². The first-order valence-electron chi connectivity index (χ1n) is 6.32. The van der Waals surface area contributed by atoms with Crippen LogP contribution in [0.1, 0.15) is 17.0 Å². The van der Waals surface area contributed by atoms with Gasteiger partial charge in [-0.2, -0.15) is 0 Å². The van der Waals surface area contributed by atoms with E-state index in [2.05, 4.69) is 0 Å². The molecule has 0 aliphatic rings. The second-order valence-electron chi connectivity index (χ2n) is 4.61. The molecule has 0 aliphatic carbocycles.